The molecule has 0 spiro atoms. The molecule has 3 aromatic rings. The lowest BCUT2D eigenvalue weighted by atomic mass is 10.2. The van der Waals surface area contributed by atoms with Crippen LogP contribution in [-0.4, -0.2) is 25.7 Å². The minimum atomic E-state index is 0. The highest BCUT2D eigenvalue weighted by atomic mass is 35.5. The molecule has 0 aliphatic heterocycles. The lowest BCUT2D eigenvalue weighted by molar-refractivity contribution is -0.00000427. The highest BCUT2D eigenvalue weighted by molar-refractivity contribution is 5.92. The topological polar surface area (TPSA) is 4.93 Å². The van der Waals surface area contributed by atoms with Gasteiger partial charge in [-0.3, -0.25) is 4.48 Å². The smallest absolute Gasteiger partial charge is 0.158 e. The van der Waals surface area contributed by atoms with Gasteiger partial charge >= 0.3 is 0 Å². The van der Waals surface area contributed by atoms with Gasteiger partial charge in [0, 0.05) is 6.54 Å². The second-order valence-electron chi connectivity index (χ2n) is 6.16. The van der Waals surface area contributed by atoms with Crippen LogP contribution in [0.5, 0.6) is 0 Å². The largest absolute Gasteiger partial charge is 1.00 e. The molecule has 21 heavy (non-hydrogen) atoms. The van der Waals surface area contributed by atoms with E-state index in [0.29, 0.717) is 0 Å². The number of quaternary nitrogens is 1. The number of nitrogens with zero attached hydrogens (tertiary/aromatic N) is 2. The maximum atomic E-state index is 2.35. The summed E-state index contributed by atoms with van der Waals surface area (Å²) >= 11 is 0. The third kappa shape index (κ3) is 3.12. The second-order valence-corrected chi connectivity index (χ2v) is 6.16. The summed E-state index contributed by atoms with van der Waals surface area (Å²) < 4.78 is 3.19. The van der Waals surface area contributed by atoms with Crippen molar-refractivity contribution in [1.82, 2.24) is 9.05 Å². The fourth-order valence-electron chi connectivity index (χ4n) is 2.67. The van der Waals surface area contributed by atoms with Gasteiger partial charge in [-0.25, -0.2) is 0 Å². The van der Waals surface area contributed by atoms with E-state index in [0.717, 1.165) is 11.0 Å². The van der Waals surface area contributed by atoms with Crippen molar-refractivity contribution in [1.29, 1.82) is 0 Å². The lowest BCUT2D eigenvalue weighted by Gasteiger charge is -2.22. The number of aromatic nitrogens is 1. The van der Waals surface area contributed by atoms with Crippen LogP contribution in [0.1, 0.15) is 5.56 Å². The summed E-state index contributed by atoms with van der Waals surface area (Å²) in [5.74, 6) is 0. The van der Waals surface area contributed by atoms with E-state index in [2.05, 4.69) is 86.5 Å². The zero-order valence-corrected chi connectivity index (χ0v) is 13.5. The Balaban J connectivity index is 0.00000161. The molecule has 1 heterocycles. The third-order valence-electron chi connectivity index (χ3n) is 3.69. The first-order valence-corrected chi connectivity index (χ1v) is 6.99. The minimum absolute atomic E-state index is 0. The Morgan fingerprint density at radius 2 is 1.48 bits per heavy atom. The van der Waals surface area contributed by atoms with Crippen LogP contribution in [0.2, 0.25) is 0 Å². The zero-order chi connectivity index (χ0) is 14.2. The molecule has 2 nitrogen and oxygen atoms in total. The SMILES string of the molecule is C[N+](C)(C)c1cn(Cc2ccccc2)c2ccccc12.[Cl-]. The Kier molecular flexibility index (Phi) is 4.40. The van der Waals surface area contributed by atoms with Crippen molar-refractivity contribution in [3.05, 3.63) is 66.4 Å². The maximum absolute atomic E-state index is 2.35. The Morgan fingerprint density at radius 3 is 2.14 bits per heavy atom. The summed E-state index contributed by atoms with van der Waals surface area (Å²) in [6.07, 6.45) is 2.29. The molecule has 0 bridgehead atoms. The van der Waals surface area contributed by atoms with Gasteiger partial charge in [0.2, 0.25) is 0 Å². The number of hydrogen-bond acceptors (Lipinski definition) is 0. The van der Waals surface area contributed by atoms with Gasteiger partial charge in [-0.05, 0) is 17.7 Å². The van der Waals surface area contributed by atoms with E-state index in [1.54, 1.807) is 0 Å². The standard InChI is InChI=1S/C18H21N2.ClH/c1-20(2,3)18-14-19(13-15-9-5-4-6-10-15)17-12-8-7-11-16(17)18;/h4-12,14H,13H2,1-3H3;1H/q+1;/p-1. The van der Waals surface area contributed by atoms with E-state index in [9.17, 15) is 0 Å². The molecule has 110 valence electrons. The van der Waals surface area contributed by atoms with Crippen LogP contribution in [0.15, 0.2) is 60.8 Å². The quantitative estimate of drug-likeness (QED) is 0.633. The molecule has 0 radical (unpaired) electrons. The van der Waals surface area contributed by atoms with Gasteiger partial charge in [-0.2, -0.15) is 0 Å². The summed E-state index contributed by atoms with van der Waals surface area (Å²) in [5, 5.41) is 1.34. The van der Waals surface area contributed by atoms with Gasteiger partial charge in [0.05, 0.1) is 38.2 Å². The summed E-state index contributed by atoms with van der Waals surface area (Å²) in [5.41, 5.74) is 4.00. The van der Waals surface area contributed by atoms with E-state index in [-0.39, 0.29) is 12.4 Å². The Hall–Kier alpha value is -1.77. The number of benzene rings is 2. The number of rotatable bonds is 3. The predicted octanol–water partition coefficient (Wildman–Crippen LogP) is 0.890. The van der Waals surface area contributed by atoms with E-state index in [1.807, 2.05) is 0 Å². The molecule has 0 N–H and O–H groups in total. The molecule has 1 aromatic heterocycles. The van der Waals surface area contributed by atoms with Crippen molar-refractivity contribution >= 4 is 16.6 Å². The molecule has 0 aliphatic carbocycles. The number of halogens is 1. The first kappa shape index (κ1) is 15.6. The molecule has 0 saturated carbocycles. The van der Waals surface area contributed by atoms with Crippen LogP contribution in [-0.2, 0) is 6.54 Å². The summed E-state index contributed by atoms with van der Waals surface area (Å²) in [7, 11) is 6.65. The van der Waals surface area contributed by atoms with Crippen LogP contribution in [0.25, 0.3) is 10.9 Å². The van der Waals surface area contributed by atoms with Gasteiger partial charge in [-0.15, -0.1) is 0 Å². The average Bonchev–Trinajstić information content (AvgIpc) is 2.79. The van der Waals surface area contributed by atoms with Crippen molar-refractivity contribution in [3.8, 4) is 0 Å². The van der Waals surface area contributed by atoms with Crippen LogP contribution < -0.4 is 16.9 Å². The van der Waals surface area contributed by atoms with Crippen molar-refractivity contribution in [3.63, 3.8) is 0 Å². The fraction of sp³-hybridized carbons (Fsp3) is 0.222. The second kappa shape index (κ2) is 5.92. The van der Waals surface area contributed by atoms with Gasteiger partial charge in [0.15, 0.2) is 5.69 Å². The molecule has 0 atom stereocenters. The molecule has 3 rings (SSSR count). The van der Waals surface area contributed by atoms with Crippen LogP contribution >= 0.6 is 0 Å². The molecule has 0 unspecified atom stereocenters. The highest BCUT2D eigenvalue weighted by Crippen LogP contribution is 2.31. The third-order valence-corrected chi connectivity index (χ3v) is 3.69. The molecule has 2 aromatic carbocycles. The summed E-state index contributed by atoms with van der Waals surface area (Å²) in [6.45, 7) is 0.918. The first-order chi connectivity index (χ1) is 9.55. The summed E-state index contributed by atoms with van der Waals surface area (Å²) in [6, 6.07) is 19.3. The van der Waals surface area contributed by atoms with Crippen molar-refractivity contribution < 1.29 is 12.4 Å². The average molecular weight is 301 g/mol. The van der Waals surface area contributed by atoms with Crippen molar-refractivity contribution in [2.24, 2.45) is 0 Å². The van der Waals surface area contributed by atoms with Gasteiger partial charge in [0.1, 0.15) is 0 Å². The highest BCUT2D eigenvalue weighted by Gasteiger charge is 2.19. The Morgan fingerprint density at radius 1 is 0.857 bits per heavy atom. The Bertz CT molecular complexity index is 724. The van der Waals surface area contributed by atoms with E-state index >= 15 is 0 Å². The monoisotopic (exact) mass is 300 g/mol. The molecular formula is C18H21ClN2. The van der Waals surface area contributed by atoms with Crippen LogP contribution in [0, 0.1) is 0 Å². The number of para-hydroxylation sites is 1. The Labute approximate surface area is 132 Å². The molecule has 0 saturated heterocycles. The predicted molar refractivity (Wildman–Crippen MR) is 87.0 cm³/mol. The molecule has 0 fully saturated rings. The minimum Gasteiger partial charge on any atom is -1.00 e. The fourth-order valence-corrected chi connectivity index (χ4v) is 2.67. The van der Waals surface area contributed by atoms with Gasteiger partial charge < -0.3 is 17.0 Å². The van der Waals surface area contributed by atoms with E-state index < -0.39 is 0 Å². The van der Waals surface area contributed by atoms with Crippen molar-refractivity contribution in [2.75, 3.05) is 21.1 Å². The van der Waals surface area contributed by atoms with Gasteiger partial charge in [0.25, 0.3) is 0 Å². The van der Waals surface area contributed by atoms with E-state index in [4.69, 9.17) is 0 Å². The zero-order valence-electron chi connectivity index (χ0n) is 12.8. The van der Waals surface area contributed by atoms with Gasteiger partial charge in [-0.1, -0.05) is 42.5 Å². The number of fused-ring (bicyclic) bond motifs is 1. The molecule has 3 heteroatoms. The van der Waals surface area contributed by atoms with Crippen LogP contribution in [0.3, 0.4) is 0 Å². The normalized spacial score (nSPS) is 11.4. The first-order valence-electron chi connectivity index (χ1n) is 6.99. The van der Waals surface area contributed by atoms with E-state index in [1.165, 1.54) is 22.2 Å². The number of hydrogen-bond donors (Lipinski definition) is 0. The molecule has 0 aliphatic rings. The van der Waals surface area contributed by atoms with Crippen molar-refractivity contribution in [2.45, 2.75) is 6.54 Å². The maximum Gasteiger partial charge on any atom is 0.158 e. The molecule has 0 amide bonds. The molecular weight excluding hydrogens is 280 g/mol. The van der Waals surface area contributed by atoms with Crippen LogP contribution in [0.4, 0.5) is 5.69 Å². The lowest BCUT2D eigenvalue weighted by Crippen LogP contribution is -3.00. The summed E-state index contributed by atoms with van der Waals surface area (Å²) in [4.78, 5) is 0.